The predicted octanol–water partition coefficient (Wildman–Crippen LogP) is 2.94. The Labute approximate surface area is 118 Å². The van der Waals surface area contributed by atoms with Crippen molar-refractivity contribution in [2.24, 2.45) is 0 Å². The molecule has 110 valence electrons. The first kappa shape index (κ1) is 16.7. The number of aliphatic hydroxyl groups is 1. The van der Waals surface area contributed by atoms with Gasteiger partial charge in [0.25, 0.3) is 0 Å². The second-order valence-corrected chi connectivity index (χ2v) is 11.8. The van der Waals surface area contributed by atoms with E-state index in [0.29, 0.717) is 23.2 Å². The van der Waals surface area contributed by atoms with Crippen molar-refractivity contribution in [1.29, 1.82) is 0 Å². The van der Waals surface area contributed by atoms with Crippen LogP contribution in [0.25, 0.3) is 0 Å². The predicted molar refractivity (Wildman–Crippen MR) is 80.5 cm³/mol. The molecule has 19 heavy (non-hydrogen) atoms. The van der Waals surface area contributed by atoms with Crippen LogP contribution in [0.3, 0.4) is 0 Å². The fourth-order valence-electron chi connectivity index (χ4n) is 3.39. The van der Waals surface area contributed by atoms with Crippen molar-refractivity contribution in [3.05, 3.63) is 0 Å². The summed E-state index contributed by atoms with van der Waals surface area (Å²) >= 11 is 0. The molecule has 1 N–H and O–H groups in total. The monoisotopic (exact) mass is 284 g/mol. The molecule has 1 aliphatic heterocycles. The molecule has 4 heteroatoms. The van der Waals surface area contributed by atoms with Crippen LogP contribution in [0.4, 0.5) is 0 Å². The number of epoxide rings is 1. The van der Waals surface area contributed by atoms with Gasteiger partial charge in [-0.25, -0.2) is 0 Å². The summed E-state index contributed by atoms with van der Waals surface area (Å²) in [6, 6.07) is 0. The third-order valence-electron chi connectivity index (χ3n) is 4.31. The largest absolute Gasteiger partial charge is 0.413 e. The van der Waals surface area contributed by atoms with Crippen LogP contribution in [-0.2, 0) is 9.16 Å². The van der Waals surface area contributed by atoms with Gasteiger partial charge in [0.2, 0.25) is 0 Å². The molecule has 0 amide bonds. The minimum Gasteiger partial charge on any atom is -0.413 e. The summed E-state index contributed by atoms with van der Waals surface area (Å²) in [5.74, 6) is 2.31. The fraction of sp³-hybridized carbons (Fsp3) is 0.867. The van der Waals surface area contributed by atoms with Crippen LogP contribution in [-0.4, -0.2) is 38.3 Å². The van der Waals surface area contributed by atoms with Crippen molar-refractivity contribution >= 4 is 8.32 Å². The third kappa shape index (κ3) is 3.40. The Bertz CT molecular complexity index is 311. The summed E-state index contributed by atoms with van der Waals surface area (Å²) in [4.78, 5) is 0. The summed E-state index contributed by atoms with van der Waals surface area (Å²) in [6.07, 6.45) is 4.12. The topological polar surface area (TPSA) is 42.0 Å². The van der Waals surface area contributed by atoms with Gasteiger partial charge in [0.1, 0.15) is 18.3 Å². The number of hydrogen-bond acceptors (Lipinski definition) is 3. The van der Waals surface area contributed by atoms with Gasteiger partial charge in [-0.1, -0.05) is 47.5 Å². The molecule has 1 aliphatic rings. The molecule has 3 nitrogen and oxygen atoms in total. The first-order valence-electron chi connectivity index (χ1n) is 7.20. The van der Waals surface area contributed by atoms with E-state index in [-0.39, 0.29) is 12.2 Å². The fourth-order valence-corrected chi connectivity index (χ4v) is 8.84. The van der Waals surface area contributed by atoms with E-state index in [2.05, 4.69) is 47.5 Å². The Morgan fingerprint density at radius 3 is 2.00 bits per heavy atom. The highest BCUT2D eigenvalue weighted by molar-refractivity contribution is 6.77. The van der Waals surface area contributed by atoms with E-state index in [1.165, 1.54) is 0 Å². The Morgan fingerprint density at radius 1 is 1.16 bits per heavy atom. The van der Waals surface area contributed by atoms with E-state index < -0.39 is 14.4 Å². The number of hydrogen-bond donors (Lipinski definition) is 1. The molecule has 0 aliphatic carbocycles. The first-order chi connectivity index (χ1) is 8.77. The molecule has 0 spiro atoms. The van der Waals surface area contributed by atoms with Gasteiger partial charge in [-0.05, 0) is 16.6 Å². The molecule has 0 aromatic carbocycles. The zero-order valence-corrected chi connectivity index (χ0v) is 14.0. The molecule has 0 saturated carbocycles. The Hall–Kier alpha value is -0.343. The molecule has 0 aromatic heterocycles. The lowest BCUT2D eigenvalue weighted by molar-refractivity contribution is 0.184. The Kier molecular flexibility index (Phi) is 5.63. The molecule has 1 fully saturated rings. The summed E-state index contributed by atoms with van der Waals surface area (Å²) in [5, 5.41) is 9.52. The van der Waals surface area contributed by atoms with Crippen molar-refractivity contribution in [3.8, 4) is 12.3 Å². The van der Waals surface area contributed by atoms with Gasteiger partial charge in [-0.3, -0.25) is 0 Å². The molecule has 0 radical (unpaired) electrons. The van der Waals surface area contributed by atoms with Gasteiger partial charge in [0.15, 0.2) is 8.32 Å². The molecule has 1 rings (SSSR count). The van der Waals surface area contributed by atoms with E-state index >= 15 is 0 Å². The zero-order valence-electron chi connectivity index (χ0n) is 13.0. The minimum absolute atomic E-state index is 0.0332. The standard InChI is InChI=1S/C15H28O3Si/c1-8-13(16)15-14(18-15)9-17-19(10(2)3,11(4)5)12(6)7/h1,10-16H,9H2,2-7H3/t13-,14-,15?/m0/s1. The van der Waals surface area contributed by atoms with Crippen molar-refractivity contribution in [2.75, 3.05) is 6.61 Å². The lowest BCUT2D eigenvalue weighted by atomic mass is 10.2. The summed E-state index contributed by atoms with van der Waals surface area (Å²) in [5.41, 5.74) is 1.67. The highest BCUT2D eigenvalue weighted by Crippen LogP contribution is 2.43. The van der Waals surface area contributed by atoms with E-state index in [0.717, 1.165) is 0 Å². The molecule has 1 heterocycles. The quantitative estimate of drug-likeness (QED) is 0.444. The lowest BCUT2D eigenvalue weighted by Gasteiger charge is -2.42. The van der Waals surface area contributed by atoms with Crippen molar-refractivity contribution in [1.82, 2.24) is 0 Å². The van der Waals surface area contributed by atoms with Crippen LogP contribution in [0, 0.1) is 12.3 Å². The van der Waals surface area contributed by atoms with Gasteiger partial charge in [0.05, 0.1) is 6.61 Å². The zero-order chi connectivity index (χ0) is 14.8. The maximum absolute atomic E-state index is 9.52. The number of aliphatic hydroxyl groups excluding tert-OH is 1. The number of terminal acetylenes is 1. The maximum Gasteiger partial charge on any atom is 0.200 e. The summed E-state index contributed by atoms with van der Waals surface area (Å²) in [7, 11) is -1.84. The van der Waals surface area contributed by atoms with Crippen LogP contribution in [0.1, 0.15) is 41.5 Å². The Balaban J connectivity index is 2.64. The van der Waals surface area contributed by atoms with Crippen molar-refractivity contribution in [3.63, 3.8) is 0 Å². The summed E-state index contributed by atoms with van der Waals surface area (Å²) < 4.78 is 11.8. The van der Waals surface area contributed by atoms with Gasteiger partial charge in [-0.15, -0.1) is 6.42 Å². The second kappa shape index (κ2) is 6.40. The molecule has 0 bridgehead atoms. The average molecular weight is 284 g/mol. The summed E-state index contributed by atoms with van der Waals surface area (Å²) in [6.45, 7) is 14.1. The smallest absolute Gasteiger partial charge is 0.200 e. The van der Waals surface area contributed by atoms with Crippen molar-refractivity contribution in [2.45, 2.75) is 76.5 Å². The molecular weight excluding hydrogens is 256 g/mol. The van der Waals surface area contributed by atoms with Crippen LogP contribution in [0.15, 0.2) is 0 Å². The Morgan fingerprint density at radius 2 is 1.63 bits per heavy atom. The average Bonchev–Trinajstić information content (AvgIpc) is 3.07. The second-order valence-electron chi connectivity index (χ2n) is 6.38. The van der Waals surface area contributed by atoms with E-state index in [1.54, 1.807) is 0 Å². The van der Waals surface area contributed by atoms with Crippen LogP contribution < -0.4 is 0 Å². The van der Waals surface area contributed by atoms with E-state index in [1.807, 2.05) is 0 Å². The van der Waals surface area contributed by atoms with Gasteiger partial charge >= 0.3 is 0 Å². The molecule has 1 saturated heterocycles. The van der Waals surface area contributed by atoms with Crippen molar-refractivity contribution < 1.29 is 14.3 Å². The third-order valence-corrected chi connectivity index (χ3v) is 10.4. The molecular formula is C15H28O3Si. The van der Waals surface area contributed by atoms with Crippen LogP contribution in [0.2, 0.25) is 16.6 Å². The van der Waals surface area contributed by atoms with E-state index in [9.17, 15) is 5.11 Å². The van der Waals surface area contributed by atoms with Crippen LogP contribution in [0.5, 0.6) is 0 Å². The van der Waals surface area contributed by atoms with E-state index in [4.69, 9.17) is 15.6 Å². The molecule has 0 aromatic rings. The highest BCUT2D eigenvalue weighted by Gasteiger charge is 2.49. The molecule has 3 atom stereocenters. The van der Waals surface area contributed by atoms with Gasteiger partial charge in [0, 0.05) is 0 Å². The minimum atomic E-state index is -1.84. The molecule has 1 unspecified atom stereocenters. The number of rotatable bonds is 7. The maximum atomic E-state index is 9.52. The lowest BCUT2D eigenvalue weighted by Crippen LogP contribution is -2.48. The van der Waals surface area contributed by atoms with Gasteiger partial charge < -0.3 is 14.3 Å². The number of ether oxygens (including phenoxy) is 1. The normalized spacial score (nSPS) is 24.9. The first-order valence-corrected chi connectivity index (χ1v) is 9.35. The van der Waals surface area contributed by atoms with Crippen LogP contribution >= 0.6 is 0 Å². The highest BCUT2D eigenvalue weighted by atomic mass is 28.4. The SMILES string of the molecule is C#C[C@H](O)C1O[C@H]1CO[Si](C(C)C)(C(C)C)C(C)C. The van der Waals surface area contributed by atoms with Gasteiger partial charge in [-0.2, -0.15) is 0 Å².